The molecule has 12 nitrogen and oxygen atoms in total. The number of nitro groups is 1. The van der Waals surface area contributed by atoms with Gasteiger partial charge in [0, 0.05) is 6.07 Å². The molecular formula is C23H20N4O8. The zero-order valence-corrected chi connectivity index (χ0v) is 18.7. The smallest absolute Gasteiger partial charge is 0.338 e. The Bertz CT molecular complexity index is 1280. The highest BCUT2D eigenvalue weighted by Crippen LogP contribution is 2.33. The van der Waals surface area contributed by atoms with Gasteiger partial charge in [-0.1, -0.05) is 18.2 Å². The average molecular weight is 480 g/mol. The van der Waals surface area contributed by atoms with Gasteiger partial charge in [0.1, 0.15) is 11.3 Å². The maximum Gasteiger partial charge on any atom is 0.338 e. The molecule has 4 amide bonds. The fourth-order valence-electron chi connectivity index (χ4n) is 4.01. The molecule has 2 aromatic carbocycles. The second-order valence-corrected chi connectivity index (χ2v) is 7.57. The molecule has 2 N–H and O–H groups in total. The summed E-state index contributed by atoms with van der Waals surface area (Å²) in [6.45, 7) is 1.15. The largest absolute Gasteiger partial charge is 0.497 e. The van der Waals surface area contributed by atoms with Gasteiger partial charge in [-0.05, 0) is 30.7 Å². The Hall–Kier alpha value is -4.74. The van der Waals surface area contributed by atoms with E-state index in [0.29, 0.717) is 11.3 Å². The van der Waals surface area contributed by atoms with Crippen molar-refractivity contribution in [3.05, 3.63) is 80.5 Å². The Morgan fingerprint density at radius 2 is 1.83 bits per heavy atom. The Morgan fingerprint density at radius 1 is 1.11 bits per heavy atom. The second-order valence-electron chi connectivity index (χ2n) is 7.57. The predicted octanol–water partition coefficient (Wildman–Crippen LogP) is 2.07. The van der Waals surface area contributed by atoms with Crippen molar-refractivity contribution in [1.29, 1.82) is 0 Å². The topological polar surface area (TPSA) is 157 Å². The molecule has 1 atom stereocenters. The van der Waals surface area contributed by atoms with E-state index in [1.54, 1.807) is 31.2 Å². The Kier molecular flexibility index (Phi) is 6.19. The molecule has 2 aromatic rings. The molecule has 180 valence electrons. The highest BCUT2D eigenvalue weighted by molar-refractivity contribution is 6.23. The van der Waals surface area contributed by atoms with Crippen LogP contribution in [0.3, 0.4) is 0 Å². The lowest BCUT2D eigenvalue weighted by Crippen LogP contribution is -2.49. The van der Waals surface area contributed by atoms with Crippen LogP contribution in [-0.2, 0) is 9.53 Å². The van der Waals surface area contributed by atoms with Crippen LogP contribution in [-0.4, -0.2) is 53.9 Å². The fourth-order valence-corrected chi connectivity index (χ4v) is 4.01. The number of fused-ring (bicyclic) bond motifs is 1. The number of nitrogens with zero attached hydrogens (tertiary/aromatic N) is 2. The third-order valence-corrected chi connectivity index (χ3v) is 5.59. The molecule has 35 heavy (non-hydrogen) atoms. The van der Waals surface area contributed by atoms with Crippen molar-refractivity contribution in [3.8, 4) is 5.75 Å². The van der Waals surface area contributed by atoms with Crippen LogP contribution in [0.2, 0.25) is 0 Å². The van der Waals surface area contributed by atoms with Crippen molar-refractivity contribution in [3.63, 3.8) is 0 Å². The fraction of sp³-hybridized carbons (Fsp3) is 0.217. The van der Waals surface area contributed by atoms with Gasteiger partial charge in [0.25, 0.3) is 17.5 Å². The van der Waals surface area contributed by atoms with Crippen LogP contribution in [0.15, 0.2) is 53.7 Å². The van der Waals surface area contributed by atoms with Crippen molar-refractivity contribution in [2.75, 3.05) is 20.3 Å². The molecule has 0 radical (unpaired) electrons. The Labute approximate surface area is 198 Å². The van der Waals surface area contributed by atoms with Crippen LogP contribution in [0.25, 0.3) is 0 Å². The quantitative estimate of drug-likeness (QED) is 0.264. The number of imide groups is 1. The van der Waals surface area contributed by atoms with Crippen molar-refractivity contribution in [1.82, 2.24) is 15.5 Å². The number of ether oxygens (including phenoxy) is 2. The van der Waals surface area contributed by atoms with Gasteiger partial charge in [0.15, 0.2) is 0 Å². The van der Waals surface area contributed by atoms with Crippen LogP contribution in [0.4, 0.5) is 10.5 Å². The van der Waals surface area contributed by atoms with E-state index >= 15 is 0 Å². The first-order chi connectivity index (χ1) is 16.8. The average Bonchev–Trinajstić information content (AvgIpc) is 3.08. The predicted molar refractivity (Wildman–Crippen MR) is 120 cm³/mol. The van der Waals surface area contributed by atoms with E-state index in [-0.39, 0.29) is 29.0 Å². The van der Waals surface area contributed by atoms with Gasteiger partial charge >= 0.3 is 12.0 Å². The van der Waals surface area contributed by atoms with Crippen LogP contribution in [0, 0.1) is 10.1 Å². The third kappa shape index (κ3) is 4.16. The number of carbonyl (C=O) groups is 4. The zero-order valence-electron chi connectivity index (χ0n) is 18.7. The Balaban J connectivity index is 1.77. The third-order valence-electron chi connectivity index (χ3n) is 5.59. The molecule has 0 bridgehead atoms. The standard InChI is InChI=1S/C23H20N4O8/c1-3-35-22(30)18-15(24-23(31)25-19(18)12-7-9-13(34-2)10-8-12)11-26-20(28)14-5-4-6-16(27(32)33)17(14)21(26)29/h4-10,19H,3,11H2,1-2H3,(H2,24,25,31). The molecule has 0 aliphatic carbocycles. The number of benzene rings is 2. The van der Waals surface area contributed by atoms with Gasteiger partial charge in [0.05, 0.1) is 48.1 Å². The minimum atomic E-state index is -0.951. The maximum absolute atomic E-state index is 13.0. The Morgan fingerprint density at radius 3 is 2.46 bits per heavy atom. The summed E-state index contributed by atoms with van der Waals surface area (Å²) < 4.78 is 10.3. The lowest BCUT2D eigenvalue weighted by Gasteiger charge is -2.30. The number of nitro benzene ring substituents is 1. The molecule has 2 aliphatic heterocycles. The van der Waals surface area contributed by atoms with Crippen molar-refractivity contribution in [2.24, 2.45) is 0 Å². The van der Waals surface area contributed by atoms with Crippen LogP contribution in [0.5, 0.6) is 5.75 Å². The number of rotatable bonds is 7. The minimum Gasteiger partial charge on any atom is -0.497 e. The first kappa shape index (κ1) is 23.4. The molecular weight excluding hydrogens is 460 g/mol. The normalized spacial score (nSPS) is 17.0. The van der Waals surface area contributed by atoms with Crippen LogP contribution in [0.1, 0.15) is 39.2 Å². The highest BCUT2D eigenvalue weighted by Gasteiger charge is 2.43. The number of nitrogens with one attached hydrogen (secondary N) is 2. The zero-order chi connectivity index (χ0) is 25.3. The molecule has 0 saturated carbocycles. The van der Waals surface area contributed by atoms with E-state index in [4.69, 9.17) is 9.47 Å². The summed E-state index contributed by atoms with van der Waals surface area (Å²) in [4.78, 5) is 62.8. The van der Waals surface area contributed by atoms with Gasteiger partial charge < -0.3 is 20.1 Å². The number of urea groups is 1. The first-order valence-electron chi connectivity index (χ1n) is 10.5. The van der Waals surface area contributed by atoms with E-state index in [9.17, 15) is 29.3 Å². The second kappa shape index (κ2) is 9.25. The van der Waals surface area contributed by atoms with Crippen molar-refractivity contribution in [2.45, 2.75) is 13.0 Å². The van der Waals surface area contributed by atoms with Gasteiger partial charge in [-0.2, -0.15) is 0 Å². The number of methoxy groups -OCH3 is 1. The van der Waals surface area contributed by atoms with E-state index in [1.807, 2.05) is 0 Å². The lowest BCUT2D eigenvalue weighted by molar-refractivity contribution is -0.385. The maximum atomic E-state index is 13.0. The lowest BCUT2D eigenvalue weighted by atomic mass is 9.95. The van der Waals surface area contributed by atoms with Gasteiger partial charge in [-0.3, -0.25) is 24.6 Å². The molecule has 2 heterocycles. The molecule has 0 spiro atoms. The molecule has 1 unspecified atom stereocenters. The molecule has 2 aliphatic rings. The van der Waals surface area contributed by atoms with Gasteiger partial charge in [-0.15, -0.1) is 0 Å². The minimum absolute atomic E-state index is 0.0114. The number of hydrogen-bond acceptors (Lipinski definition) is 8. The van der Waals surface area contributed by atoms with Crippen molar-refractivity contribution >= 4 is 29.5 Å². The molecule has 0 fully saturated rings. The summed E-state index contributed by atoms with van der Waals surface area (Å²) >= 11 is 0. The summed E-state index contributed by atoms with van der Waals surface area (Å²) in [5.41, 5.74) is -0.498. The number of carbonyl (C=O) groups excluding carboxylic acids is 4. The summed E-state index contributed by atoms with van der Waals surface area (Å²) in [5, 5.41) is 16.5. The van der Waals surface area contributed by atoms with Gasteiger partial charge in [0.2, 0.25) is 0 Å². The van der Waals surface area contributed by atoms with Crippen LogP contribution < -0.4 is 15.4 Å². The SMILES string of the molecule is CCOC(=O)C1=C(CN2C(=O)c3cccc([N+](=O)[O-])c3C2=O)NC(=O)NC1c1ccc(OC)cc1. The molecule has 0 aromatic heterocycles. The van der Waals surface area contributed by atoms with E-state index in [2.05, 4.69) is 10.6 Å². The highest BCUT2D eigenvalue weighted by atomic mass is 16.6. The van der Waals surface area contributed by atoms with E-state index < -0.39 is 47.0 Å². The van der Waals surface area contributed by atoms with Crippen LogP contribution >= 0.6 is 0 Å². The number of hydrogen-bond donors (Lipinski definition) is 2. The summed E-state index contributed by atoms with van der Waals surface area (Å²) in [7, 11) is 1.50. The molecule has 4 rings (SSSR count). The number of amides is 4. The van der Waals surface area contributed by atoms with E-state index in [0.717, 1.165) is 11.0 Å². The van der Waals surface area contributed by atoms with Crippen molar-refractivity contribution < 1.29 is 33.6 Å². The summed E-state index contributed by atoms with van der Waals surface area (Å²) in [6.07, 6.45) is 0. The van der Waals surface area contributed by atoms with E-state index in [1.165, 1.54) is 19.2 Å². The molecule has 0 saturated heterocycles. The molecule has 12 heteroatoms. The summed E-state index contributed by atoms with van der Waals surface area (Å²) in [5.74, 6) is -1.89. The summed E-state index contributed by atoms with van der Waals surface area (Å²) in [6, 6.07) is 8.72. The number of esters is 1. The van der Waals surface area contributed by atoms with Gasteiger partial charge in [-0.25, -0.2) is 9.59 Å². The first-order valence-corrected chi connectivity index (χ1v) is 10.5. The monoisotopic (exact) mass is 480 g/mol.